The standard InChI is InChI=1S/C28H41F3N6O6/c1-14(2)21(32)25(41)36-22(15(3)4)26(42)35-19(12-20(38)37(6)7)24(40)34-16(5)23(39)27(43)33-13-17-8-10-18(11-9-17)28(29,30)31/h8-11,14-16,19,21-22H,12-13,32H2,1-7H3,(H,33,43)(H,34,40)(H,35,42)(H,36,41). The highest BCUT2D eigenvalue weighted by atomic mass is 19.4. The Kier molecular flexibility index (Phi) is 13.8. The summed E-state index contributed by atoms with van der Waals surface area (Å²) < 4.78 is 38.2. The Balaban J connectivity index is 2.95. The van der Waals surface area contributed by atoms with Gasteiger partial charge in [0.2, 0.25) is 29.4 Å². The molecule has 0 saturated heterocycles. The monoisotopic (exact) mass is 614 g/mol. The van der Waals surface area contributed by atoms with Gasteiger partial charge in [0.15, 0.2) is 0 Å². The van der Waals surface area contributed by atoms with Gasteiger partial charge >= 0.3 is 6.18 Å². The summed E-state index contributed by atoms with van der Waals surface area (Å²) in [5.41, 5.74) is 5.31. The summed E-state index contributed by atoms with van der Waals surface area (Å²) in [6, 6.07) is -0.872. The number of carbonyl (C=O) groups excluding carboxylic acids is 6. The van der Waals surface area contributed by atoms with Gasteiger partial charge in [0, 0.05) is 20.6 Å². The summed E-state index contributed by atoms with van der Waals surface area (Å²) in [4.78, 5) is 77.3. The third-order valence-electron chi connectivity index (χ3n) is 6.49. The SMILES string of the molecule is CC(NC(=O)C(CC(=O)N(C)C)NC(=O)C(NC(=O)C(N)C(C)C)C(C)C)C(=O)C(=O)NCc1ccc(C(F)(F)F)cc1. The molecule has 0 fully saturated rings. The predicted octanol–water partition coefficient (Wildman–Crippen LogP) is 0.483. The van der Waals surface area contributed by atoms with Crippen LogP contribution in [0.2, 0.25) is 0 Å². The van der Waals surface area contributed by atoms with Crippen molar-refractivity contribution in [3.63, 3.8) is 0 Å². The number of nitrogens with one attached hydrogen (secondary N) is 4. The molecule has 0 aliphatic heterocycles. The van der Waals surface area contributed by atoms with Crippen molar-refractivity contribution in [1.82, 2.24) is 26.2 Å². The molecule has 0 saturated carbocycles. The Morgan fingerprint density at radius 3 is 1.84 bits per heavy atom. The van der Waals surface area contributed by atoms with Crippen molar-refractivity contribution in [3.05, 3.63) is 35.4 Å². The highest BCUT2D eigenvalue weighted by Gasteiger charge is 2.34. The molecule has 1 aromatic carbocycles. The number of hydrogen-bond acceptors (Lipinski definition) is 7. The van der Waals surface area contributed by atoms with Crippen molar-refractivity contribution in [2.75, 3.05) is 14.1 Å². The van der Waals surface area contributed by atoms with E-state index in [1.807, 2.05) is 0 Å². The molecule has 0 bridgehead atoms. The first-order valence-electron chi connectivity index (χ1n) is 13.6. The van der Waals surface area contributed by atoms with E-state index in [-0.39, 0.29) is 12.5 Å². The van der Waals surface area contributed by atoms with Gasteiger partial charge in [0.05, 0.1) is 24.1 Å². The molecule has 1 aromatic rings. The second kappa shape index (κ2) is 16.0. The molecule has 240 valence electrons. The van der Waals surface area contributed by atoms with E-state index >= 15 is 0 Å². The smallest absolute Gasteiger partial charge is 0.349 e. The molecule has 0 spiro atoms. The molecule has 1 rings (SSSR count). The average molecular weight is 615 g/mol. The number of halogens is 3. The van der Waals surface area contributed by atoms with Gasteiger partial charge < -0.3 is 31.9 Å². The molecular formula is C28H41F3N6O6. The molecule has 43 heavy (non-hydrogen) atoms. The van der Waals surface area contributed by atoms with Crippen molar-refractivity contribution in [1.29, 1.82) is 0 Å². The summed E-state index contributed by atoms with van der Waals surface area (Å²) in [6.45, 7) is 7.76. The summed E-state index contributed by atoms with van der Waals surface area (Å²) in [6.07, 6.45) is -5.01. The lowest BCUT2D eigenvalue weighted by Crippen LogP contribution is -2.59. The largest absolute Gasteiger partial charge is 0.416 e. The minimum Gasteiger partial charge on any atom is -0.349 e. The Morgan fingerprint density at radius 2 is 1.37 bits per heavy atom. The molecule has 0 radical (unpaired) electrons. The van der Waals surface area contributed by atoms with E-state index in [1.165, 1.54) is 25.9 Å². The van der Waals surface area contributed by atoms with Gasteiger partial charge in [-0.25, -0.2) is 0 Å². The number of Topliss-reactive ketones (excluding diaryl/α,β-unsaturated/α-hetero) is 1. The molecule has 12 nitrogen and oxygen atoms in total. The molecule has 15 heteroatoms. The minimum absolute atomic E-state index is 0.210. The van der Waals surface area contributed by atoms with Crippen LogP contribution in [0, 0.1) is 11.8 Å². The Labute approximate surface area is 248 Å². The summed E-state index contributed by atoms with van der Waals surface area (Å²) in [5, 5.41) is 9.60. The van der Waals surface area contributed by atoms with Crippen molar-refractivity contribution < 1.29 is 41.9 Å². The quantitative estimate of drug-likeness (QED) is 0.189. The molecule has 0 aliphatic carbocycles. The van der Waals surface area contributed by atoms with Gasteiger partial charge in [-0.3, -0.25) is 28.8 Å². The maximum atomic E-state index is 13.1. The van der Waals surface area contributed by atoms with E-state index in [1.54, 1.807) is 27.7 Å². The molecular weight excluding hydrogens is 573 g/mol. The minimum atomic E-state index is -4.52. The van der Waals surface area contributed by atoms with Crippen LogP contribution in [0.3, 0.4) is 0 Å². The van der Waals surface area contributed by atoms with E-state index in [0.29, 0.717) is 5.56 Å². The second-order valence-corrected chi connectivity index (χ2v) is 11.0. The fourth-order valence-corrected chi connectivity index (χ4v) is 3.57. The fraction of sp³-hybridized carbons (Fsp3) is 0.571. The van der Waals surface area contributed by atoms with Gasteiger partial charge in [-0.1, -0.05) is 39.8 Å². The van der Waals surface area contributed by atoms with E-state index < -0.39 is 83.6 Å². The zero-order valence-corrected chi connectivity index (χ0v) is 25.3. The first-order chi connectivity index (χ1) is 19.8. The lowest BCUT2D eigenvalue weighted by atomic mass is 9.99. The molecule has 0 aromatic heterocycles. The predicted molar refractivity (Wildman–Crippen MR) is 151 cm³/mol. The number of ketones is 1. The van der Waals surface area contributed by atoms with E-state index in [2.05, 4.69) is 21.3 Å². The first-order valence-corrected chi connectivity index (χ1v) is 13.6. The topological polar surface area (TPSA) is 180 Å². The number of alkyl halides is 3. The molecule has 5 amide bonds. The number of nitrogens with two attached hydrogens (primary N) is 1. The van der Waals surface area contributed by atoms with Crippen LogP contribution in [0.4, 0.5) is 13.2 Å². The fourth-order valence-electron chi connectivity index (χ4n) is 3.57. The third-order valence-corrected chi connectivity index (χ3v) is 6.49. The molecule has 6 N–H and O–H groups in total. The second-order valence-electron chi connectivity index (χ2n) is 11.0. The number of benzene rings is 1. The van der Waals surface area contributed by atoms with Gasteiger partial charge in [-0.05, 0) is 36.5 Å². The first kappa shape index (κ1) is 37.0. The van der Waals surface area contributed by atoms with Crippen LogP contribution in [0.15, 0.2) is 24.3 Å². The lowest BCUT2D eigenvalue weighted by molar-refractivity contribution is -0.141. The van der Waals surface area contributed by atoms with Gasteiger partial charge in [-0.2, -0.15) is 13.2 Å². The van der Waals surface area contributed by atoms with Crippen LogP contribution in [0.1, 0.15) is 52.2 Å². The van der Waals surface area contributed by atoms with Crippen molar-refractivity contribution in [2.24, 2.45) is 17.6 Å². The van der Waals surface area contributed by atoms with Crippen LogP contribution >= 0.6 is 0 Å². The van der Waals surface area contributed by atoms with Crippen LogP contribution in [0.25, 0.3) is 0 Å². The van der Waals surface area contributed by atoms with Crippen molar-refractivity contribution >= 4 is 35.3 Å². The zero-order valence-electron chi connectivity index (χ0n) is 25.3. The number of hydrogen-bond donors (Lipinski definition) is 5. The maximum absolute atomic E-state index is 13.1. The molecule has 0 aliphatic rings. The van der Waals surface area contributed by atoms with Gasteiger partial charge in [-0.15, -0.1) is 0 Å². The number of amides is 5. The molecule has 4 atom stereocenters. The van der Waals surface area contributed by atoms with Gasteiger partial charge in [0.1, 0.15) is 12.1 Å². The van der Waals surface area contributed by atoms with E-state index in [9.17, 15) is 41.9 Å². The Morgan fingerprint density at radius 1 is 0.814 bits per heavy atom. The van der Waals surface area contributed by atoms with Crippen LogP contribution in [-0.4, -0.2) is 78.5 Å². The summed E-state index contributed by atoms with van der Waals surface area (Å²) in [5.74, 6) is -5.62. The van der Waals surface area contributed by atoms with Crippen LogP contribution in [0.5, 0.6) is 0 Å². The average Bonchev–Trinajstić information content (AvgIpc) is 2.92. The third kappa shape index (κ3) is 11.7. The van der Waals surface area contributed by atoms with E-state index in [4.69, 9.17) is 5.73 Å². The van der Waals surface area contributed by atoms with Crippen LogP contribution < -0.4 is 27.0 Å². The molecule has 4 unspecified atom stereocenters. The lowest BCUT2D eigenvalue weighted by Gasteiger charge is -2.27. The van der Waals surface area contributed by atoms with Crippen molar-refractivity contribution in [2.45, 2.75) is 77.9 Å². The van der Waals surface area contributed by atoms with E-state index in [0.717, 1.165) is 24.3 Å². The van der Waals surface area contributed by atoms with Crippen molar-refractivity contribution in [3.8, 4) is 0 Å². The summed E-state index contributed by atoms with van der Waals surface area (Å²) in [7, 11) is 2.88. The highest BCUT2D eigenvalue weighted by molar-refractivity contribution is 6.38. The van der Waals surface area contributed by atoms with Crippen LogP contribution in [-0.2, 0) is 41.5 Å². The summed E-state index contributed by atoms with van der Waals surface area (Å²) >= 11 is 0. The normalized spacial score (nSPS) is 14.3. The number of nitrogens with zero attached hydrogens (tertiary/aromatic N) is 1. The molecule has 0 heterocycles. The zero-order chi connectivity index (χ0) is 33.2. The highest BCUT2D eigenvalue weighted by Crippen LogP contribution is 2.29. The number of carbonyl (C=O) groups is 6. The Bertz CT molecular complexity index is 1170. The number of rotatable bonds is 14. The van der Waals surface area contributed by atoms with Gasteiger partial charge in [0.25, 0.3) is 5.91 Å². The Hall–Kier alpha value is -4.01. The maximum Gasteiger partial charge on any atom is 0.416 e.